The number of hydrogen-bond acceptors (Lipinski definition) is 5. The number of rotatable bonds is 9. The van der Waals surface area contributed by atoms with Crippen molar-refractivity contribution in [1.29, 1.82) is 0 Å². The Hall–Kier alpha value is -0.550. The maximum absolute atomic E-state index is 5.16. The first-order chi connectivity index (χ1) is 10.6. The Bertz CT molecular complexity index is 468. The van der Waals surface area contributed by atoms with Gasteiger partial charge in [0.2, 0.25) is 0 Å². The van der Waals surface area contributed by atoms with E-state index in [-0.39, 0.29) is 30.0 Å². The van der Waals surface area contributed by atoms with Gasteiger partial charge in [0.05, 0.1) is 6.61 Å². The lowest BCUT2D eigenvalue weighted by Gasteiger charge is -2.17. The number of hydrogen-bond donors (Lipinski definition) is 2. The highest BCUT2D eigenvalue weighted by molar-refractivity contribution is 14.0. The number of ether oxygens (including phenoxy) is 1. The van der Waals surface area contributed by atoms with Crippen molar-refractivity contribution >= 4 is 41.7 Å². The van der Waals surface area contributed by atoms with Gasteiger partial charge >= 0.3 is 0 Å². The monoisotopic (exact) mass is 456 g/mol. The van der Waals surface area contributed by atoms with E-state index < -0.39 is 0 Å². The number of nitrogens with zero attached hydrogens (tertiary/aromatic N) is 4. The van der Waals surface area contributed by atoms with E-state index in [2.05, 4.69) is 39.0 Å². The van der Waals surface area contributed by atoms with Gasteiger partial charge in [-0.3, -0.25) is 0 Å². The maximum atomic E-state index is 5.16. The first kappa shape index (κ1) is 22.4. The molecule has 23 heavy (non-hydrogen) atoms. The first-order valence-electron chi connectivity index (χ1n) is 7.46. The number of aliphatic imine (C=N–C) groups is 1. The van der Waals surface area contributed by atoms with E-state index in [4.69, 9.17) is 4.74 Å². The molecule has 1 heterocycles. The SMILES string of the molecule is COCC(C)NC(=NCc1nnc(C)n1C)NCCCSC.I. The second-order valence-electron chi connectivity index (χ2n) is 5.16. The number of aryl methyl sites for hydroxylation is 1. The minimum absolute atomic E-state index is 0. The van der Waals surface area contributed by atoms with Crippen molar-refractivity contribution in [2.75, 3.05) is 32.3 Å². The van der Waals surface area contributed by atoms with Gasteiger partial charge in [-0.2, -0.15) is 11.8 Å². The van der Waals surface area contributed by atoms with Crippen LogP contribution in [0.3, 0.4) is 0 Å². The largest absolute Gasteiger partial charge is 0.383 e. The van der Waals surface area contributed by atoms with Crippen LogP contribution in [0, 0.1) is 6.92 Å². The molecule has 1 atom stereocenters. The fraction of sp³-hybridized carbons (Fsp3) is 0.786. The van der Waals surface area contributed by atoms with E-state index in [0.717, 1.165) is 36.3 Å². The van der Waals surface area contributed by atoms with Crippen molar-refractivity contribution < 1.29 is 4.74 Å². The lowest BCUT2D eigenvalue weighted by molar-refractivity contribution is 0.179. The molecule has 0 fully saturated rings. The minimum atomic E-state index is 0. The lowest BCUT2D eigenvalue weighted by Crippen LogP contribution is -2.44. The third-order valence-electron chi connectivity index (χ3n) is 3.18. The van der Waals surface area contributed by atoms with Gasteiger partial charge in [0, 0.05) is 26.7 Å². The zero-order chi connectivity index (χ0) is 16.4. The lowest BCUT2D eigenvalue weighted by atomic mass is 10.4. The van der Waals surface area contributed by atoms with Gasteiger partial charge in [-0.15, -0.1) is 34.2 Å². The highest BCUT2D eigenvalue weighted by Crippen LogP contribution is 1.99. The first-order valence-corrected chi connectivity index (χ1v) is 8.85. The van der Waals surface area contributed by atoms with Crippen LogP contribution in [0.4, 0.5) is 0 Å². The summed E-state index contributed by atoms with van der Waals surface area (Å²) in [5.74, 6) is 3.66. The van der Waals surface area contributed by atoms with Crippen molar-refractivity contribution in [1.82, 2.24) is 25.4 Å². The van der Waals surface area contributed by atoms with Gasteiger partial charge < -0.3 is 19.9 Å². The van der Waals surface area contributed by atoms with Crippen molar-refractivity contribution in [2.24, 2.45) is 12.0 Å². The Kier molecular flexibility index (Phi) is 12.5. The van der Waals surface area contributed by atoms with E-state index in [9.17, 15) is 0 Å². The number of halogens is 1. The Labute approximate surface area is 160 Å². The van der Waals surface area contributed by atoms with Crippen LogP contribution in [-0.4, -0.2) is 59.0 Å². The zero-order valence-corrected chi connectivity index (χ0v) is 17.8. The molecule has 0 amide bonds. The Morgan fingerprint density at radius 2 is 2.17 bits per heavy atom. The molecule has 1 rings (SSSR count). The van der Waals surface area contributed by atoms with Crippen LogP contribution in [0.25, 0.3) is 0 Å². The van der Waals surface area contributed by atoms with Gasteiger partial charge in [-0.25, -0.2) is 4.99 Å². The molecule has 1 unspecified atom stereocenters. The number of aromatic nitrogens is 3. The molecule has 1 aromatic heterocycles. The molecule has 7 nitrogen and oxygen atoms in total. The highest BCUT2D eigenvalue weighted by Gasteiger charge is 2.07. The predicted octanol–water partition coefficient (Wildman–Crippen LogP) is 1.56. The molecule has 0 radical (unpaired) electrons. The van der Waals surface area contributed by atoms with Crippen LogP contribution in [0.1, 0.15) is 25.0 Å². The molecular weight excluding hydrogens is 427 g/mol. The van der Waals surface area contributed by atoms with Crippen LogP contribution in [0.5, 0.6) is 0 Å². The molecule has 2 N–H and O–H groups in total. The van der Waals surface area contributed by atoms with E-state index in [1.807, 2.05) is 30.3 Å². The average Bonchev–Trinajstić information content (AvgIpc) is 2.81. The number of guanidine groups is 1. The fourth-order valence-electron chi connectivity index (χ4n) is 1.84. The summed E-state index contributed by atoms with van der Waals surface area (Å²) in [6, 6.07) is 0.193. The normalized spacial score (nSPS) is 12.7. The summed E-state index contributed by atoms with van der Waals surface area (Å²) in [7, 11) is 3.65. The van der Waals surface area contributed by atoms with Crippen molar-refractivity contribution in [2.45, 2.75) is 32.9 Å². The topological polar surface area (TPSA) is 76.4 Å². The molecule has 0 aliphatic rings. The van der Waals surface area contributed by atoms with Gasteiger partial charge in [-0.1, -0.05) is 0 Å². The van der Waals surface area contributed by atoms with E-state index in [0.29, 0.717) is 13.2 Å². The van der Waals surface area contributed by atoms with Gasteiger partial charge in [-0.05, 0) is 32.3 Å². The Morgan fingerprint density at radius 3 is 2.74 bits per heavy atom. The third-order valence-corrected chi connectivity index (χ3v) is 3.88. The van der Waals surface area contributed by atoms with Crippen molar-refractivity contribution in [3.8, 4) is 0 Å². The molecular formula is C14H29IN6OS. The Morgan fingerprint density at radius 1 is 1.43 bits per heavy atom. The average molecular weight is 456 g/mol. The molecule has 0 saturated carbocycles. The van der Waals surface area contributed by atoms with Gasteiger partial charge in [0.1, 0.15) is 12.4 Å². The molecule has 9 heteroatoms. The third kappa shape index (κ3) is 8.75. The standard InChI is InChI=1S/C14H28N6OS.HI/c1-11(10-21-4)17-14(15-7-6-8-22-5)16-9-13-19-18-12(2)20(13)3;/h11H,6-10H2,1-5H3,(H2,15,16,17);1H. The van der Waals surface area contributed by atoms with Crippen LogP contribution in [0.15, 0.2) is 4.99 Å². The van der Waals surface area contributed by atoms with Crippen LogP contribution >= 0.6 is 35.7 Å². The van der Waals surface area contributed by atoms with E-state index in [1.54, 1.807) is 7.11 Å². The Balaban J connectivity index is 0.00000484. The van der Waals surface area contributed by atoms with Crippen LogP contribution in [0.2, 0.25) is 0 Å². The number of methoxy groups -OCH3 is 1. The molecule has 0 aliphatic carbocycles. The molecule has 134 valence electrons. The minimum Gasteiger partial charge on any atom is -0.383 e. The van der Waals surface area contributed by atoms with E-state index >= 15 is 0 Å². The summed E-state index contributed by atoms with van der Waals surface area (Å²) < 4.78 is 7.11. The molecule has 0 aromatic carbocycles. The maximum Gasteiger partial charge on any atom is 0.191 e. The molecule has 0 bridgehead atoms. The zero-order valence-electron chi connectivity index (χ0n) is 14.6. The summed E-state index contributed by atoms with van der Waals surface area (Å²) in [6.07, 6.45) is 3.22. The smallest absolute Gasteiger partial charge is 0.191 e. The van der Waals surface area contributed by atoms with Crippen molar-refractivity contribution in [3.63, 3.8) is 0 Å². The van der Waals surface area contributed by atoms with Gasteiger partial charge in [0.25, 0.3) is 0 Å². The highest BCUT2D eigenvalue weighted by atomic mass is 127. The van der Waals surface area contributed by atoms with Crippen LogP contribution < -0.4 is 10.6 Å². The second kappa shape index (κ2) is 12.8. The van der Waals surface area contributed by atoms with Gasteiger partial charge in [0.15, 0.2) is 11.8 Å². The summed E-state index contributed by atoms with van der Waals surface area (Å²) in [5, 5.41) is 14.9. The summed E-state index contributed by atoms with van der Waals surface area (Å²) in [6.45, 7) is 6.02. The second-order valence-corrected chi connectivity index (χ2v) is 6.15. The van der Waals surface area contributed by atoms with Crippen LogP contribution in [-0.2, 0) is 18.3 Å². The quantitative estimate of drug-likeness (QED) is 0.254. The molecule has 0 spiro atoms. The number of nitrogens with one attached hydrogen (secondary N) is 2. The van der Waals surface area contributed by atoms with Crippen molar-refractivity contribution in [3.05, 3.63) is 11.6 Å². The summed E-state index contributed by atoms with van der Waals surface area (Å²) in [4.78, 5) is 4.60. The molecule has 0 saturated heterocycles. The molecule has 1 aromatic rings. The fourth-order valence-corrected chi connectivity index (χ4v) is 2.27. The summed E-state index contributed by atoms with van der Waals surface area (Å²) in [5.41, 5.74) is 0. The predicted molar refractivity (Wildman–Crippen MR) is 108 cm³/mol. The van der Waals surface area contributed by atoms with E-state index in [1.165, 1.54) is 0 Å². The number of thioether (sulfide) groups is 1. The summed E-state index contributed by atoms with van der Waals surface area (Å²) >= 11 is 1.85. The molecule has 0 aliphatic heterocycles.